The van der Waals surface area contributed by atoms with E-state index in [1.807, 2.05) is 24.3 Å². The summed E-state index contributed by atoms with van der Waals surface area (Å²) in [6.07, 6.45) is 0. The summed E-state index contributed by atoms with van der Waals surface area (Å²) in [4.78, 5) is 53.1. The van der Waals surface area contributed by atoms with E-state index in [1.54, 1.807) is 158 Å². The number of anilines is 2. The number of phenols is 2. The molecule has 0 fully saturated rings. The van der Waals surface area contributed by atoms with Crippen molar-refractivity contribution in [3.63, 3.8) is 0 Å². The van der Waals surface area contributed by atoms with Crippen molar-refractivity contribution >= 4 is 81.6 Å². The largest absolute Gasteiger partial charge is 0.506 e. The summed E-state index contributed by atoms with van der Waals surface area (Å²) in [5.41, 5.74) is 5.53. The summed E-state index contributed by atoms with van der Waals surface area (Å²) in [6.45, 7) is 1.30. The van der Waals surface area contributed by atoms with E-state index < -0.39 is 21.7 Å². The molecule has 0 saturated carbocycles. The fourth-order valence-electron chi connectivity index (χ4n) is 10.1. The molecule has 2 amide bonds. The van der Waals surface area contributed by atoms with E-state index >= 15 is 0 Å². The second-order valence-electron chi connectivity index (χ2n) is 20.9. The minimum atomic E-state index is -0.639. The zero-order valence-corrected chi connectivity index (χ0v) is 52.3. The van der Waals surface area contributed by atoms with Crippen molar-refractivity contribution in [2.45, 2.75) is 39.2 Å². The zero-order chi connectivity index (χ0) is 64.5. The molecule has 468 valence electrons. The lowest BCUT2D eigenvalue weighted by Crippen LogP contribution is -2.26. The van der Waals surface area contributed by atoms with Crippen molar-refractivity contribution in [3.05, 3.63) is 238 Å². The van der Waals surface area contributed by atoms with Crippen molar-refractivity contribution < 1.29 is 63.7 Å². The van der Waals surface area contributed by atoms with Gasteiger partial charge in [-0.15, -0.1) is 0 Å². The van der Waals surface area contributed by atoms with Crippen LogP contribution in [0.1, 0.15) is 20.7 Å². The summed E-state index contributed by atoms with van der Waals surface area (Å²) in [5.74, 6) is -0.899. The summed E-state index contributed by atoms with van der Waals surface area (Å²) >= 11 is 4.69. The molecule has 10 aromatic rings. The Labute approximate surface area is 549 Å². The van der Waals surface area contributed by atoms with Crippen LogP contribution in [-0.4, -0.2) is 95.1 Å². The predicted molar refractivity (Wildman–Crippen MR) is 354 cm³/mol. The van der Waals surface area contributed by atoms with Gasteiger partial charge in [0.05, 0.1) is 100 Å². The molecule has 2 aliphatic heterocycles. The number of hydrogen-bond donors (Lipinski definition) is 4. The maximum Gasteiger partial charge on any atom is 0.281 e. The number of hydrogen-bond acceptors (Lipinski definition) is 19. The standard InChI is InChI=1S/C70H54N4O15S4/c75-65-57-35-49(45-15-23-55(24-16-45)73(81)82)37-59(65)92-63-41-52(44-13-21-54(22-14-44)72(80)70(78)48-9-5-2-6-10-48)42-64-68(63)89-34-32-87-30-28-85-27-29-86-31-33-88-67-61(90-57)39-51(43-11-19-53(20-12-43)71(79)69(77)47-7-3-1-4-8-47)40-62(67)91-58-36-50(38-60(93-64)66(58)76)46-17-25-56(26-18-46)74(83)84/h1-26,35-42,75-76,79-80H,27-34H2. The van der Waals surface area contributed by atoms with E-state index in [1.165, 1.54) is 71.3 Å². The minimum Gasteiger partial charge on any atom is -0.506 e. The Morgan fingerprint density at radius 1 is 0.355 bits per heavy atom. The summed E-state index contributed by atoms with van der Waals surface area (Å²) in [5, 5.41) is 73.5. The molecule has 0 aromatic heterocycles. The van der Waals surface area contributed by atoms with Gasteiger partial charge in [0.2, 0.25) is 0 Å². The van der Waals surface area contributed by atoms with Crippen LogP contribution in [-0.2, 0) is 14.2 Å². The number of hydroxylamine groups is 2. The van der Waals surface area contributed by atoms with Crippen LogP contribution in [0.25, 0.3) is 44.5 Å². The highest BCUT2D eigenvalue weighted by atomic mass is 32.2. The summed E-state index contributed by atoms with van der Waals surface area (Å²) < 4.78 is 31.5. The summed E-state index contributed by atoms with van der Waals surface area (Å²) in [7, 11) is 0. The van der Waals surface area contributed by atoms with Gasteiger partial charge in [0.1, 0.15) is 36.2 Å². The number of rotatable bonds is 10. The smallest absolute Gasteiger partial charge is 0.281 e. The molecule has 19 nitrogen and oxygen atoms in total. The van der Waals surface area contributed by atoms with Gasteiger partial charge in [0.25, 0.3) is 23.2 Å². The Morgan fingerprint density at radius 3 is 0.892 bits per heavy atom. The SMILES string of the molecule is O=C(c1ccccc1)N(O)c1ccc(-c2cc3c4c(c2)Sc2cc(-c5ccc([N+](=O)[O-])cc5)cc(c2O)Sc2cc(-c5ccc(N(O)C(=O)c6ccccc6)cc5)cc(c2OCCOCCOCCOCCO4)Sc2cc(-c4ccc([N+](=O)[O-])cc4)cc(c2O)S3)cc1. The highest BCUT2D eigenvalue weighted by molar-refractivity contribution is 8.01. The van der Waals surface area contributed by atoms with Crippen LogP contribution in [0.4, 0.5) is 22.7 Å². The van der Waals surface area contributed by atoms with Gasteiger partial charge in [-0.25, -0.2) is 0 Å². The molecule has 23 heteroatoms. The maximum atomic E-state index is 13.4. The number of phenolic OH excluding ortho intramolecular Hbond substituents is 2. The number of nitro groups is 2. The van der Waals surface area contributed by atoms with Crippen LogP contribution in [0.2, 0.25) is 0 Å². The Hall–Kier alpha value is -9.66. The van der Waals surface area contributed by atoms with Crippen LogP contribution in [0.5, 0.6) is 23.0 Å². The molecule has 0 spiro atoms. The molecule has 10 bridgehead atoms. The fourth-order valence-corrected chi connectivity index (χ4v) is 14.7. The molecule has 2 aliphatic rings. The lowest BCUT2D eigenvalue weighted by Gasteiger charge is -2.22. The zero-order valence-electron chi connectivity index (χ0n) is 49.0. The first-order valence-corrected chi connectivity index (χ1v) is 32.2. The average Bonchev–Trinajstić information content (AvgIpc) is 0.964. The first-order valence-electron chi connectivity index (χ1n) is 28.9. The first-order chi connectivity index (χ1) is 45.2. The van der Waals surface area contributed by atoms with Gasteiger partial charge in [-0.05, 0) is 166 Å². The van der Waals surface area contributed by atoms with Crippen molar-refractivity contribution in [1.29, 1.82) is 0 Å². The number of carbonyl (C=O) groups is 2. The Bertz CT molecular complexity index is 4040. The second-order valence-corrected chi connectivity index (χ2v) is 25.2. The molecule has 12 rings (SSSR count). The van der Waals surface area contributed by atoms with Crippen LogP contribution in [0, 0.1) is 20.2 Å². The molecule has 93 heavy (non-hydrogen) atoms. The third-order valence-corrected chi connectivity index (χ3v) is 19.0. The van der Waals surface area contributed by atoms with Crippen LogP contribution < -0.4 is 19.6 Å². The Balaban J connectivity index is 1.09. The molecule has 0 unspecified atom stereocenters. The molecule has 0 radical (unpaired) electrons. The predicted octanol–water partition coefficient (Wildman–Crippen LogP) is 16.4. The normalized spacial score (nSPS) is 13.6. The number of benzene rings is 10. The molecule has 2 heterocycles. The highest BCUT2D eigenvalue weighted by Gasteiger charge is 2.27. The van der Waals surface area contributed by atoms with Crippen LogP contribution >= 0.6 is 47.0 Å². The lowest BCUT2D eigenvalue weighted by molar-refractivity contribution is -0.385. The van der Waals surface area contributed by atoms with Gasteiger partial charge in [0, 0.05) is 35.4 Å². The molecule has 0 atom stereocenters. The average molecular weight is 1320 g/mol. The first kappa shape index (κ1) is 63.5. The van der Waals surface area contributed by atoms with Gasteiger partial charge in [-0.1, -0.05) is 108 Å². The van der Waals surface area contributed by atoms with Crippen molar-refractivity contribution in [3.8, 4) is 67.5 Å². The topological polar surface area (TPSA) is 254 Å². The number of non-ortho nitro benzene ring substituents is 2. The van der Waals surface area contributed by atoms with Gasteiger partial charge < -0.3 is 33.9 Å². The molecule has 0 saturated heterocycles. The molecule has 10 aromatic carbocycles. The number of ether oxygens (including phenoxy) is 5. The molecule has 0 aliphatic carbocycles. The van der Waals surface area contributed by atoms with Gasteiger partial charge >= 0.3 is 0 Å². The number of aromatic hydroxyl groups is 2. The number of nitro benzene ring substituents is 2. The van der Waals surface area contributed by atoms with E-state index in [-0.39, 0.29) is 98.2 Å². The molecular formula is C70H54N4O15S4. The Morgan fingerprint density at radius 2 is 0.613 bits per heavy atom. The third-order valence-electron chi connectivity index (χ3n) is 14.8. The van der Waals surface area contributed by atoms with Crippen molar-refractivity contribution in [1.82, 2.24) is 0 Å². The highest BCUT2D eigenvalue weighted by Crippen LogP contribution is 2.56. The summed E-state index contributed by atoms with van der Waals surface area (Å²) in [6, 6.07) is 56.9. The van der Waals surface area contributed by atoms with E-state index in [2.05, 4.69) is 0 Å². The maximum absolute atomic E-state index is 13.4. The Kier molecular flexibility index (Phi) is 19.7. The van der Waals surface area contributed by atoms with Gasteiger partial charge in [0.15, 0.2) is 0 Å². The van der Waals surface area contributed by atoms with Gasteiger partial charge in [-0.3, -0.25) is 40.2 Å². The van der Waals surface area contributed by atoms with Crippen LogP contribution in [0.3, 0.4) is 0 Å². The quantitative estimate of drug-likeness (QED) is 0.0564. The number of carbonyl (C=O) groups excluding carboxylic acids is 2. The monoisotopic (exact) mass is 1320 g/mol. The van der Waals surface area contributed by atoms with Gasteiger partial charge in [-0.2, -0.15) is 10.1 Å². The lowest BCUT2D eigenvalue weighted by atomic mass is 10.0. The number of fused-ring (bicyclic) bond motifs is 2. The second kappa shape index (κ2) is 28.9. The third kappa shape index (κ3) is 14.7. The van der Waals surface area contributed by atoms with Crippen molar-refractivity contribution in [2.24, 2.45) is 0 Å². The van der Waals surface area contributed by atoms with E-state index in [0.29, 0.717) is 105 Å². The van der Waals surface area contributed by atoms with E-state index in [9.17, 15) is 50.4 Å². The van der Waals surface area contributed by atoms with E-state index in [0.717, 1.165) is 0 Å². The number of nitrogens with zero attached hydrogens (tertiary/aromatic N) is 4. The van der Waals surface area contributed by atoms with E-state index in [4.69, 9.17) is 23.7 Å². The number of amides is 2. The van der Waals surface area contributed by atoms with Crippen LogP contribution in [0.15, 0.2) is 245 Å². The molecule has 4 N–H and O–H groups in total. The minimum absolute atomic E-state index is 0.0262. The molecular weight excluding hydrogens is 1270 g/mol. The fraction of sp³-hybridized carbons (Fsp3) is 0.114. The van der Waals surface area contributed by atoms with Crippen molar-refractivity contribution in [2.75, 3.05) is 63.0 Å².